The van der Waals surface area contributed by atoms with Crippen LogP contribution in [0.1, 0.15) is 6.92 Å². The zero-order valence-corrected chi connectivity index (χ0v) is 7.64. The van der Waals surface area contributed by atoms with Gasteiger partial charge in [0.15, 0.2) is 5.92 Å². The van der Waals surface area contributed by atoms with Gasteiger partial charge in [0, 0.05) is 6.54 Å². The highest BCUT2D eigenvalue weighted by Gasteiger charge is 2.80. The molecular formula is C8H13NO5. The molecular weight excluding hydrogens is 190 g/mol. The monoisotopic (exact) mass is 203 g/mol. The molecule has 1 saturated carbocycles. The summed E-state index contributed by atoms with van der Waals surface area (Å²) in [4.78, 5) is 11.1. The summed E-state index contributed by atoms with van der Waals surface area (Å²) in [6.45, 7) is 1.96. The molecule has 5 N–H and O–H groups in total. The zero-order chi connectivity index (χ0) is 11.0. The molecule has 0 aromatic heterocycles. The number of hydrogen-bond donors (Lipinski definition) is 5. The highest BCUT2D eigenvalue weighted by molar-refractivity contribution is 5.85. The lowest BCUT2D eigenvalue weighted by Gasteiger charge is -2.00. The number of rotatable bonds is 3. The van der Waals surface area contributed by atoms with Crippen molar-refractivity contribution in [2.45, 2.75) is 18.5 Å². The number of aliphatic hydroxyl groups is 4. The Morgan fingerprint density at radius 3 is 2.21 bits per heavy atom. The Hall–Kier alpha value is -0.950. The summed E-state index contributed by atoms with van der Waals surface area (Å²) in [5.41, 5.74) is 0. The number of amides is 1. The fourth-order valence-electron chi connectivity index (χ4n) is 1.16. The smallest absolute Gasteiger partial charge is 0.237 e. The van der Waals surface area contributed by atoms with Crippen molar-refractivity contribution in [2.24, 2.45) is 5.92 Å². The van der Waals surface area contributed by atoms with Gasteiger partial charge in [-0.15, -0.1) is 0 Å². The minimum atomic E-state index is -2.74. The molecule has 1 rings (SSSR count). The third-order valence-corrected chi connectivity index (χ3v) is 2.16. The minimum absolute atomic E-state index is 0.206. The summed E-state index contributed by atoms with van der Waals surface area (Å²) in [6, 6.07) is 0. The van der Waals surface area contributed by atoms with Crippen LogP contribution in [0.25, 0.3) is 0 Å². The molecule has 1 aliphatic rings. The molecule has 6 nitrogen and oxygen atoms in total. The van der Waals surface area contributed by atoms with Crippen LogP contribution >= 0.6 is 0 Å². The van der Waals surface area contributed by atoms with Gasteiger partial charge in [-0.2, -0.15) is 0 Å². The van der Waals surface area contributed by atoms with Gasteiger partial charge in [0.05, 0.1) is 0 Å². The Balaban J connectivity index is 2.49. The molecule has 0 radical (unpaired) electrons. The highest BCUT2D eigenvalue weighted by atomic mass is 16.6. The van der Waals surface area contributed by atoms with E-state index in [4.69, 9.17) is 20.4 Å². The first-order valence-electron chi connectivity index (χ1n) is 4.14. The number of hydrogen-bond acceptors (Lipinski definition) is 5. The Bertz CT molecular complexity index is 257. The van der Waals surface area contributed by atoms with Crippen molar-refractivity contribution in [1.82, 2.24) is 5.32 Å². The fourth-order valence-corrected chi connectivity index (χ4v) is 1.16. The van der Waals surface area contributed by atoms with Crippen molar-refractivity contribution < 1.29 is 25.2 Å². The fraction of sp³-hybridized carbons (Fsp3) is 0.625. The number of carbonyl (C=O) groups is 1. The average Bonchev–Trinajstić information content (AvgIpc) is 2.43. The lowest BCUT2D eigenvalue weighted by atomic mass is 10.3. The predicted molar refractivity (Wildman–Crippen MR) is 45.7 cm³/mol. The highest BCUT2D eigenvalue weighted by Crippen LogP contribution is 2.50. The van der Waals surface area contributed by atoms with E-state index in [2.05, 4.69) is 5.32 Å². The number of nitrogens with one attached hydrogen (secondary N) is 1. The maximum Gasteiger partial charge on any atom is 0.237 e. The molecule has 6 heteroatoms. The largest absolute Gasteiger partial charge is 0.361 e. The first kappa shape index (κ1) is 11.1. The van der Waals surface area contributed by atoms with Gasteiger partial charge in [0.25, 0.3) is 0 Å². The van der Waals surface area contributed by atoms with Crippen LogP contribution in [0.4, 0.5) is 0 Å². The molecule has 1 amide bonds. The second-order valence-electron chi connectivity index (χ2n) is 3.20. The summed E-state index contributed by atoms with van der Waals surface area (Å²) < 4.78 is 0. The molecule has 0 aliphatic heterocycles. The number of carbonyl (C=O) groups excluding carboxylic acids is 1. The van der Waals surface area contributed by atoms with Crippen LogP contribution in [-0.2, 0) is 4.79 Å². The molecule has 14 heavy (non-hydrogen) atoms. The Kier molecular flexibility index (Phi) is 2.64. The van der Waals surface area contributed by atoms with Gasteiger partial charge in [-0.3, -0.25) is 4.79 Å². The van der Waals surface area contributed by atoms with Crippen molar-refractivity contribution in [3.63, 3.8) is 0 Å². The number of allylic oxidation sites excluding steroid dienone is 1. The van der Waals surface area contributed by atoms with Crippen molar-refractivity contribution in [3.05, 3.63) is 12.2 Å². The van der Waals surface area contributed by atoms with E-state index in [1.165, 1.54) is 0 Å². The molecule has 0 aromatic rings. The van der Waals surface area contributed by atoms with Crippen LogP contribution in [0.15, 0.2) is 12.2 Å². The maximum absolute atomic E-state index is 11.1. The maximum atomic E-state index is 11.1. The molecule has 80 valence electrons. The van der Waals surface area contributed by atoms with Crippen LogP contribution in [0.3, 0.4) is 0 Å². The molecule has 0 spiro atoms. The average molecular weight is 203 g/mol. The van der Waals surface area contributed by atoms with Crippen molar-refractivity contribution in [2.75, 3.05) is 6.54 Å². The van der Waals surface area contributed by atoms with Crippen molar-refractivity contribution >= 4 is 5.91 Å². The molecule has 0 unspecified atom stereocenters. The minimum Gasteiger partial charge on any atom is -0.361 e. The van der Waals surface area contributed by atoms with Gasteiger partial charge in [-0.25, -0.2) is 0 Å². The zero-order valence-electron chi connectivity index (χ0n) is 7.64. The Morgan fingerprint density at radius 2 is 1.86 bits per heavy atom. The molecule has 0 heterocycles. The predicted octanol–water partition coefficient (Wildman–Crippen LogP) is -2.33. The van der Waals surface area contributed by atoms with Gasteiger partial charge in [0.2, 0.25) is 17.5 Å². The van der Waals surface area contributed by atoms with Gasteiger partial charge in [0.1, 0.15) is 0 Å². The Morgan fingerprint density at radius 1 is 1.36 bits per heavy atom. The first-order valence-corrected chi connectivity index (χ1v) is 4.14. The second-order valence-corrected chi connectivity index (χ2v) is 3.20. The molecule has 0 aromatic carbocycles. The SMILES string of the molecule is C/C=C/CNC(=O)C1C(O)(O)C1(O)O. The van der Waals surface area contributed by atoms with Gasteiger partial charge < -0.3 is 25.7 Å². The van der Waals surface area contributed by atoms with E-state index in [0.29, 0.717) is 0 Å². The summed E-state index contributed by atoms with van der Waals surface area (Å²) in [5, 5.41) is 38.0. The van der Waals surface area contributed by atoms with E-state index in [0.717, 1.165) is 0 Å². The van der Waals surface area contributed by atoms with Gasteiger partial charge in [-0.05, 0) is 6.92 Å². The van der Waals surface area contributed by atoms with Crippen LogP contribution < -0.4 is 5.32 Å². The molecule has 1 fully saturated rings. The third-order valence-electron chi connectivity index (χ3n) is 2.16. The summed E-state index contributed by atoms with van der Waals surface area (Å²) in [6.07, 6.45) is 3.33. The topological polar surface area (TPSA) is 110 Å². The quantitative estimate of drug-likeness (QED) is 0.261. The van der Waals surface area contributed by atoms with Crippen LogP contribution in [0, 0.1) is 5.92 Å². The molecule has 0 saturated heterocycles. The first-order chi connectivity index (χ1) is 6.35. The molecule has 0 bridgehead atoms. The van der Waals surface area contributed by atoms with E-state index < -0.39 is 23.4 Å². The van der Waals surface area contributed by atoms with Gasteiger partial charge in [-0.1, -0.05) is 12.2 Å². The lowest BCUT2D eigenvalue weighted by molar-refractivity contribution is -0.207. The van der Waals surface area contributed by atoms with Crippen LogP contribution in [0.5, 0.6) is 0 Å². The van der Waals surface area contributed by atoms with Crippen LogP contribution in [0.2, 0.25) is 0 Å². The van der Waals surface area contributed by atoms with E-state index in [1.807, 2.05) is 0 Å². The van der Waals surface area contributed by atoms with E-state index in [9.17, 15) is 4.79 Å². The van der Waals surface area contributed by atoms with Crippen LogP contribution in [-0.4, -0.2) is 44.5 Å². The molecule has 1 aliphatic carbocycles. The van der Waals surface area contributed by atoms with E-state index in [-0.39, 0.29) is 6.54 Å². The molecule has 0 atom stereocenters. The standard InChI is InChI=1S/C8H13NO5/c1-2-3-4-9-6(10)5-7(11,12)8(5,13)14/h2-3,5,11-14H,4H2,1H3,(H,9,10)/b3-2+. The normalized spacial score (nSPS) is 23.8. The van der Waals surface area contributed by atoms with Gasteiger partial charge >= 0.3 is 0 Å². The Labute approximate surface area is 80.5 Å². The summed E-state index contributed by atoms with van der Waals surface area (Å²) in [7, 11) is 0. The van der Waals surface area contributed by atoms with Crippen molar-refractivity contribution in [3.8, 4) is 0 Å². The van der Waals surface area contributed by atoms with E-state index in [1.54, 1.807) is 19.1 Å². The summed E-state index contributed by atoms with van der Waals surface area (Å²) in [5.74, 6) is -7.90. The third kappa shape index (κ3) is 1.53. The van der Waals surface area contributed by atoms with E-state index >= 15 is 0 Å². The van der Waals surface area contributed by atoms with Crippen molar-refractivity contribution in [1.29, 1.82) is 0 Å². The summed E-state index contributed by atoms with van der Waals surface area (Å²) >= 11 is 0. The second kappa shape index (κ2) is 3.32. The lowest BCUT2D eigenvalue weighted by Crippen LogP contribution is -2.29.